The predicted octanol–water partition coefficient (Wildman–Crippen LogP) is 1.04. The average molecular weight is 300 g/mol. The lowest BCUT2D eigenvalue weighted by molar-refractivity contribution is -0.123. The van der Waals surface area contributed by atoms with E-state index >= 15 is 0 Å². The largest absolute Gasteiger partial charge is 0.396 e. The Balaban J connectivity index is 0.000000211. The Labute approximate surface area is 128 Å². The topological polar surface area (TPSA) is 81.6 Å². The first-order valence-corrected chi connectivity index (χ1v) is 7.98. The van der Waals surface area contributed by atoms with Crippen molar-refractivity contribution in [1.29, 1.82) is 0 Å². The molecule has 0 unspecified atom stereocenters. The summed E-state index contributed by atoms with van der Waals surface area (Å²) in [7, 11) is 0. The van der Waals surface area contributed by atoms with Gasteiger partial charge in [-0.2, -0.15) is 0 Å². The van der Waals surface area contributed by atoms with Crippen molar-refractivity contribution in [2.45, 2.75) is 64.5 Å². The van der Waals surface area contributed by atoms with Crippen molar-refractivity contribution in [3.05, 3.63) is 0 Å². The van der Waals surface area contributed by atoms with Gasteiger partial charge in [-0.3, -0.25) is 4.79 Å². The molecule has 1 amide bonds. The van der Waals surface area contributed by atoms with Crippen LogP contribution in [0.2, 0.25) is 0 Å². The number of carbonyl (C=O) groups excluding carboxylic acids is 1. The average Bonchev–Trinajstić information content (AvgIpc) is 2.80. The van der Waals surface area contributed by atoms with Crippen molar-refractivity contribution >= 4 is 5.91 Å². The first-order valence-electron chi connectivity index (χ1n) is 7.98. The van der Waals surface area contributed by atoms with Gasteiger partial charge in [0.05, 0.1) is 0 Å². The summed E-state index contributed by atoms with van der Waals surface area (Å²) in [6.45, 7) is 9.95. The summed E-state index contributed by atoms with van der Waals surface area (Å²) < 4.78 is 0. The molecule has 0 aromatic heterocycles. The van der Waals surface area contributed by atoms with Crippen molar-refractivity contribution in [2.24, 2.45) is 11.8 Å². The van der Waals surface area contributed by atoms with Gasteiger partial charge >= 0.3 is 0 Å². The fraction of sp³-hybridized carbons (Fsp3) is 0.938. The third kappa shape index (κ3) is 6.32. The summed E-state index contributed by atoms with van der Waals surface area (Å²) in [6, 6.07) is 0. The van der Waals surface area contributed by atoms with E-state index in [-0.39, 0.29) is 24.0 Å². The number of hydrogen-bond donors (Lipinski definition) is 4. The van der Waals surface area contributed by atoms with Gasteiger partial charge < -0.3 is 20.8 Å². The molecule has 4 N–H and O–H groups in total. The molecule has 21 heavy (non-hydrogen) atoms. The van der Waals surface area contributed by atoms with Crippen LogP contribution >= 0.6 is 0 Å². The highest BCUT2D eigenvalue weighted by Gasteiger charge is 2.36. The van der Waals surface area contributed by atoms with Crippen LogP contribution in [0.25, 0.3) is 0 Å². The van der Waals surface area contributed by atoms with Crippen LogP contribution in [0.15, 0.2) is 0 Å². The Morgan fingerprint density at radius 3 is 2.05 bits per heavy atom. The number of aliphatic hydroxyl groups is 2. The van der Waals surface area contributed by atoms with Crippen molar-refractivity contribution in [2.75, 3.05) is 19.8 Å². The molecule has 2 aliphatic heterocycles. The van der Waals surface area contributed by atoms with Crippen LogP contribution in [0.5, 0.6) is 0 Å². The molecule has 0 aliphatic carbocycles. The molecule has 2 atom stereocenters. The van der Waals surface area contributed by atoms with Gasteiger partial charge in [0, 0.05) is 30.2 Å². The van der Waals surface area contributed by atoms with Crippen molar-refractivity contribution in [3.8, 4) is 0 Å². The van der Waals surface area contributed by atoms with Crippen LogP contribution in [0.1, 0.15) is 53.4 Å². The summed E-state index contributed by atoms with van der Waals surface area (Å²) >= 11 is 0. The lowest BCUT2D eigenvalue weighted by Gasteiger charge is -2.16. The van der Waals surface area contributed by atoms with Gasteiger partial charge in [0.1, 0.15) is 0 Å². The molecule has 124 valence electrons. The maximum Gasteiger partial charge on any atom is 0.223 e. The molecule has 0 saturated carbocycles. The van der Waals surface area contributed by atoms with E-state index in [0.29, 0.717) is 24.5 Å². The number of rotatable bonds is 4. The van der Waals surface area contributed by atoms with Crippen LogP contribution in [-0.4, -0.2) is 47.0 Å². The highest BCUT2D eigenvalue weighted by atomic mass is 16.3. The Morgan fingerprint density at radius 1 is 1.05 bits per heavy atom. The maximum absolute atomic E-state index is 11.2. The second-order valence-corrected chi connectivity index (χ2v) is 7.63. The Bertz CT molecular complexity index is 342. The molecule has 2 saturated heterocycles. The van der Waals surface area contributed by atoms with E-state index in [1.165, 1.54) is 6.42 Å². The van der Waals surface area contributed by atoms with E-state index in [2.05, 4.69) is 24.5 Å². The van der Waals surface area contributed by atoms with Gasteiger partial charge in [-0.15, -0.1) is 0 Å². The summed E-state index contributed by atoms with van der Waals surface area (Å²) in [5.74, 6) is 0.805. The number of aliphatic hydroxyl groups excluding tert-OH is 2. The van der Waals surface area contributed by atoms with Gasteiger partial charge in [0.25, 0.3) is 0 Å². The Morgan fingerprint density at radius 2 is 1.67 bits per heavy atom. The minimum Gasteiger partial charge on any atom is -0.396 e. The van der Waals surface area contributed by atoms with Gasteiger partial charge in [-0.05, 0) is 65.8 Å². The third-order valence-corrected chi connectivity index (χ3v) is 4.27. The summed E-state index contributed by atoms with van der Waals surface area (Å²) in [4.78, 5) is 11.2. The minimum atomic E-state index is -0.0725. The first-order chi connectivity index (χ1) is 9.69. The summed E-state index contributed by atoms with van der Waals surface area (Å²) in [5, 5.41) is 23.6. The molecule has 5 nitrogen and oxygen atoms in total. The minimum absolute atomic E-state index is 0.0231. The maximum atomic E-state index is 11.2. The van der Waals surface area contributed by atoms with Crippen molar-refractivity contribution in [1.82, 2.24) is 10.6 Å². The molecule has 5 heteroatoms. The number of nitrogens with one attached hydrogen (secondary N) is 2. The molecule has 0 aromatic carbocycles. The van der Waals surface area contributed by atoms with Crippen LogP contribution in [0, 0.1) is 11.8 Å². The van der Waals surface area contributed by atoms with E-state index in [0.717, 1.165) is 19.4 Å². The van der Waals surface area contributed by atoms with E-state index in [4.69, 9.17) is 10.2 Å². The van der Waals surface area contributed by atoms with Crippen LogP contribution in [-0.2, 0) is 4.79 Å². The zero-order chi connectivity index (χ0) is 16.1. The molecular formula is C16H32N2O3. The molecule has 0 radical (unpaired) electrons. The molecule has 2 rings (SSSR count). The monoisotopic (exact) mass is 300 g/mol. The molecule has 0 aromatic rings. The van der Waals surface area contributed by atoms with Gasteiger partial charge in [-0.25, -0.2) is 0 Å². The summed E-state index contributed by atoms with van der Waals surface area (Å²) in [5.41, 5.74) is 0.233. The van der Waals surface area contributed by atoms with Crippen LogP contribution < -0.4 is 10.6 Å². The van der Waals surface area contributed by atoms with E-state index in [1.54, 1.807) is 0 Å². The van der Waals surface area contributed by atoms with Crippen LogP contribution in [0.4, 0.5) is 0 Å². The zero-order valence-corrected chi connectivity index (χ0v) is 13.9. The van der Waals surface area contributed by atoms with Crippen LogP contribution in [0.3, 0.4) is 0 Å². The van der Waals surface area contributed by atoms with Gasteiger partial charge in [0.15, 0.2) is 0 Å². The number of carbonyl (C=O) groups is 1. The fourth-order valence-corrected chi connectivity index (χ4v) is 3.26. The van der Waals surface area contributed by atoms with Crippen molar-refractivity contribution < 1.29 is 15.0 Å². The molecular weight excluding hydrogens is 268 g/mol. The number of amides is 1. The van der Waals surface area contributed by atoms with Crippen molar-refractivity contribution in [3.63, 3.8) is 0 Å². The molecule has 2 aliphatic rings. The number of hydrogen-bond acceptors (Lipinski definition) is 4. The SMILES string of the molecule is CC1(C)C[C@H](CCO)C(=O)N1.CC1(C)C[C@H](CCO)CN1. The fourth-order valence-electron chi connectivity index (χ4n) is 3.26. The van der Waals surface area contributed by atoms with Gasteiger partial charge in [-0.1, -0.05) is 0 Å². The molecule has 2 heterocycles. The van der Waals surface area contributed by atoms with E-state index in [1.807, 2.05) is 13.8 Å². The Kier molecular flexibility index (Phi) is 6.63. The quantitative estimate of drug-likeness (QED) is 0.625. The first kappa shape index (κ1) is 18.4. The highest BCUT2D eigenvalue weighted by Crippen LogP contribution is 2.26. The Hall–Kier alpha value is -0.650. The predicted molar refractivity (Wildman–Crippen MR) is 83.9 cm³/mol. The highest BCUT2D eigenvalue weighted by molar-refractivity contribution is 5.81. The molecule has 2 fully saturated rings. The smallest absolute Gasteiger partial charge is 0.223 e. The second kappa shape index (κ2) is 7.56. The third-order valence-electron chi connectivity index (χ3n) is 4.27. The van der Waals surface area contributed by atoms with E-state index < -0.39 is 0 Å². The standard InChI is InChI=1S/C8H15NO2.C8H17NO/c1-8(2)5-6(3-4-10)7(11)9-8;1-8(2)5-7(3-4-10)6-9-8/h6,10H,3-5H2,1-2H3,(H,9,11);7,9-10H,3-6H2,1-2H3/t6-;7-/m00/s1. The zero-order valence-electron chi connectivity index (χ0n) is 13.9. The van der Waals surface area contributed by atoms with Gasteiger partial charge in [0.2, 0.25) is 5.91 Å². The lowest BCUT2D eigenvalue weighted by atomic mass is 9.95. The lowest BCUT2D eigenvalue weighted by Crippen LogP contribution is -2.34. The summed E-state index contributed by atoms with van der Waals surface area (Å²) in [6.07, 6.45) is 3.59. The van der Waals surface area contributed by atoms with E-state index in [9.17, 15) is 4.79 Å². The molecule has 0 spiro atoms. The normalized spacial score (nSPS) is 29.7. The molecule has 0 bridgehead atoms. The second-order valence-electron chi connectivity index (χ2n) is 7.63.